The van der Waals surface area contributed by atoms with Gasteiger partial charge in [-0.1, -0.05) is 26.7 Å². The van der Waals surface area contributed by atoms with Gasteiger partial charge in [0.2, 0.25) is 0 Å². The van der Waals surface area contributed by atoms with Crippen LogP contribution in [0.4, 0.5) is 0 Å². The zero-order chi connectivity index (χ0) is 10.8. The number of likely N-dealkylation sites (N-methyl/N-ethyl adjacent to an activating group) is 1. The second-order valence-corrected chi connectivity index (χ2v) is 4.90. The predicted molar refractivity (Wildman–Crippen MR) is 59.3 cm³/mol. The van der Waals surface area contributed by atoms with Gasteiger partial charge in [0.15, 0.2) is 5.78 Å². The van der Waals surface area contributed by atoms with Crippen LogP contribution in [-0.4, -0.2) is 30.3 Å². The van der Waals surface area contributed by atoms with Gasteiger partial charge in [-0.2, -0.15) is 0 Å². The average Bonchev–Trinajstić information content (AvgIpc) is 2.16. The number of nitrogens with zero attached hydrogens (tertiary/aromatic N) is 1. The van der Waals surface area contributed by atoms with Gasteiger partial charge in [0.1, 0.15) is 0 Å². The highest BCUT2D eigenvalue weighted by atomic mass is 16.1. The maximum atomic E-state index is 12.0. The lowest BCUT2D eigenvalue weighted by Gasteiger charge is -2.43. The zero-order valence-electron chi connectivity index (χ0n) is 9.97. The Kier molecular flexibility index (Phi) is 3.71. The minimum atomic E-state index is -0.146. The predicted octanol–water partition coefficient (Wildman–Crippen LogP) is 2.48. The Bertz CT molecular complexity index is 212. The van der Waals surface area contributed by atoms with Gasteiger partial charge < -0.3 is 0 Å². The maximum absolute atomic E-state index is 12.0. The van der Waals surface area contributed by atoms with E-state index in [-0.39, 0.29) is 5.54 Å². The molecule has 14 heavy (non-hydrogen) atoms. The van der Waals surface area contributed by atoms with Crippen molar-refractivity contribution in [3.05, 3.63) is 0 Å². The second kappa shape index (κ2) is 4.43. The first kappa shape index (κ1) is 11.7. The molecule has 0 saturated heterocycles. The standard InChI is InChI=1S/C12H23NO/c1-5-11(14)12(13(3)4)8-6-7-10(2)9-12/h10H,5-9H2,1-4H3. The Labute approximate surface area is 87.7 Å². The van der Waals surface area contributed by atoms with Crippen molar-refractivity contribution in [1.82, 2.24) is 4.90 Å². The van der Waals surface area contributed by atoms with Crippen molar-refractivity contribution in [3.63, 3.8) is 0 Å². The van der Waals surface area contributed by atoms with Gasteiger partial charge in [-0.25, -0.2) is 0 Å². The summed E-state index contributed by atoms with van der Waals surface area (Å²) in [6, 6.07) is 0. The van der Waals surface area contributed by atoms with E-state index in [2.05, 4.69) is 11.8 Å². The fraction of sp³-hybridized carbons (Fsp3) is 0.917. The van der Waals surface area contributed by atoms with Gasteiger partial charge in [0.25, 0.3) is 0 Å². The van der Waals surface area contributed by atoms with Gasteiger partial charge in [0.05, 0.1) is 5.54 Å². The lowest BCUT2D eigenvalue weighted by atomic mass is 9.72. The Hall–Kier alpha value is -0.370. The van der Waals surface area contributed by atoms with Crippen molar-refractivity contribution < 1.29 is 4.79 Å². The van der Waals surface area contributed by atoms with Gasteiger partial charge in [-0.15, -0.1) is 0 Å². The lowest BCUT2D eigenvalue weighted by molar-refractivity contribution is -0.132. The number of hydrogen-bond acceptors (Lipinski definition) is 2. The van der Waals surface area contributed by atoms with E-state index in [0.29, 0.717) is 18.1 Å². The van der Waals surface area contributed by atoms with Crippen LogP contribution in [0.5, 0.6) is 0 Å². The molecule has 2 atom stereocenters. The van der Waals surface area contributed by atoms with E-state index >= 15 is 0 Å². The van der Waals surface area contributed by atoms with Crippen LogP contribution in [0.25, 0.3) is 0 Å². The Morgan fingerprint density at radius 1 is 1.50 bits per heavy atom. The number of rotatable bonds is 3. The highest BCUT2D eigenvalue weighted by molar-refractivity contribution is 5.88. The summed E-state index contributed by atoms with van der Waals surface area (Å²) in [5.41, 5.74) is -0.146. The first-order chi connectivity index (χ1) is 6.53. The van der Waals surface area contributed by atoms with Crippen LogP contribution in [-0.2, 0) is 4.79 Å². The third-order valence-electron chi connectivity index (χ3n) is 3.67. The maximum Gasteiger partial charge on any atom is 0.152 e. The van der Waals surface area contributed by atoms with E-state index in [4.69, 9.17) is 0 Å². The first-order valence-corrected chi connectivity index (χ1v) is 5.73. The van der Waals surface area contributed by atoms with Crippen LogP contribution in [0.1, 0.15) is 46.0 Å². The van der Waals surface area contributed by atoms with Crippen molar-refractivity contribution in [2.75, 3.05) is 14.1 Å². The minimum Gasteiger partial charge on any atom is -0.298 e. The summed E-state index contributed by atoms with van der Waals surface area (Å²) in [5, 5.41) is 0. The average molecular weight is 197 g/mol. The Morgan fingerprint density at radius 2 is 2.14 bits per heavy atom. The van der Waals surface area contributed by atoms with Crippen LogP contribution in [0.2, 0.25) is 0 Å². The molecule has 1 saturated carbocycles. The molecule has 0 amide bonds. The second-order valence-electron chi connectivity index (χ2n) is 4.90. The molecule has 0 bridgehead atoms. The van der Waals surface area contributed by atoms with E-state index in [0.717, 1.165) is 12.8 Å². The smallest absolute Gasteiger partial charge is 0.152 e. The summed E-state index contributed by atoms with van der Waals surface area (Å²) in [4.78, 5) is 14.2. The molecule has 0 radical (unpaired) electrons. The minimum absolute atomic E-state index is 0.146. The number of carbonyl (C=O) groups is 1. The van der Waals surface area contributed by atoms with E-state index in [9.17, 15) is 4.79 Å². The molecule has 0 aromatic carbocycles. The van der Waals surface area contributed by atoms with Crippen LogP contribution in [0, 0.1) is 5.92 Å². The molecule has 0 spiro atoms. The normalized spacial score (nSPS) is 33.4. The monoisotopic (exact) mass is 197 g/mol. The highest BCUT2D eigenvalue weighted by Gasteiger charge is 2.41. The largest absolute Gasteiger partial charge is 0.298 e. The van der Waals surface area contributed by atoms with Crippen LogP contribution in [0.3, 0.4) is 0 Å². The zero-order valence-corrected chi connectivity index (χ0v) is 9.97. The van der Waals surface area contributed by atoms with Crippen LogP contribution in [0.15, 0.2) is 0 Å². The van der Waals surface area contributed by atoms with Crippen LogP contribution >= 0.6 is 0 Å². The van der Waals surface area contributed by atoms with Crippen molar-refractivity contribution in [3.8, 4) is 0 Å². The van der Waals surface area contributed by atoms with E-state index in [1.807, 2.05) is 21.0 Å². The molecule has 0 aliphatic heterocycles. The van der Waals surface area contributed by atoms with Gasteiger partial charge in [0, 0.05) is 6.42 Å². The molecule has 1 aliphatic rings. The van der Waals surface area contributed by atoms with Crippen molar-refractivity contribution in [1.29, 1.82) is 0 Å². The molecule has 0 heterocycles. The molecular formula is C12H23NO. The van der Waals surface area contributed by atoms with Gasteiger partial charge in [-0.3, -0.25) is 9.69 Å². The summed E-state index contributed by atoms with van der Waals surface area (Å²) in [6.45, 7) is 4.24. The Morgan fingerprint density at radius 3 is 2.57 bits per heavy atom. The van der Waals surface area contributed by atoms with Crippen molar-refractivity contribution in [2.45, 2.75) is 51.5 Å². The van der Waals surface area contributed by atoms with E-state index in [1.165, 1.54) is 12.8 Å². The summed E-state index contributed by atoms with van der Waals surface area (Å²) in [6.07, 6.45) is 5.26. The molecule has 1 fully saturated rings. The van der Waals surface area contributed by atoms with Gasteiger partial charge in [-0.05, 0) is 32.9 Å². The Balaban J connectivity index is 2.85. The summed E-state index contributed by atoms with van der Waals surface area (Å²) in [5.74, 6) is 1.12. The number of Topliss-reactive ketones (excluding diaryl/α,β-unsaturated/α-hetero) is 1. The molecule has 82 valence electrons. The molecule has 2 unspecified atom stereocenters. The van der Waals surface area contributed by atoms with Crippen molar-refractivity contribution >= 4 is 5.78 Å². The quantitative estimate of drug-likeness (QED) is 0.692. The molecule has 0 N–H and O–H groups in total. The third kappa shape index (κ3) is 2.00. The van der Waals surface area contributed by atoms with E-state index in [1.54, 1.807) is 0 Å². The van der Waals surface area contributed by atoms with E-state index < -0.39 is 0 Å². The summed E-state index contributed by atoms with van der Waals surface area (Å²) >= 11 is 0. The molecule has 0 aromatic rings. The summed E-state index contributed by atoms with van der Waals surface area (Å²) in [7, 11) is 4.09. The lowest BCUT2D eigenvalue weighted by Crippen LogP contribution is -2.53. The first-order valence-electron chi connectivity index (χ1n) is 5.73. The molecular weight excluding hydrogens is 174 g/mol. The van der Waals surface area contributed by atoms with Crippen LogP contribution < -0.4 is 0 Å². The fourth-order valence-corrected chi connectivity index (χ4v) is 2.76. The molecule has 2 heteroatoms. The highest BCUT2D eigenvalue weighted by Crippen LogP contribution is 2.36. The number of hydrogen-bond donors (Lipinski definition) is 0. The topological polar surface area (TPSA) is 20.3 Å². The molecule has 0 aromatic heterocycles. The van der Waals surface area contributed by atoms with Crippen molar-refractivity contribution in [2.24, 2.45) is 5.92 Å². The SMILES string of the molecule is CCC(=O)C1(N(C)C)CCCC(C)C1. The summed E-state index contributed by atoms with van der Waals surface area (Å²) < 4.78 is 0. The molecule has 1 aliphatic carbocycles. The number of ketones is 1. The van der Waals surface area contributed by atoms with Gasteiger partial charge >= 0.3 is 0 Å². The molecule has 2 nitrogen and oxygen atoms in total. The number of carbonyl (C=O) groups excluding carboxylic acids is 1. The molecule has 1 rings (SSSR count). The fourth-order valence-electron chi connectivity index (χ4n) is 2.76. The third-order valence-corrected chi connectivity index (χ3v) is 3.67.